The quantitative estimate of drug-likeness (QED) is 0.770. The highest BCUT2D eigenvalue weighted by Gasteiger charge is 2.26. The van der Waals surface area contributed by atoms with E-state index in [9.17, 15) is 4.79 Å². The van der Waals surface area contributed by atoms with Gasteiger partial charge in [-0.1, -0.05) is 48.0 Å². The van der Waals surface area contributed by atoms with E-state index in [1.807, 2.05) is 36.4 Å². The molecule has 1 unspecified atom stereocenters. The molecular weight excluding hydrogens is 322 g/mol. The molecule has 0 radical (unpaired) electrons. The molecule has 2 aromatic carbocycles. The molecule has 1 saturated heterocycles. The van der Waals surface area contributed by atoms with Crippen LogP contribution < -0.4 is 10.6 Å². The van der Waals surface area contributed by atoms with Gasteiger partial charge in [-0.15, -0.1) is 0 Å². The third-order valence-electron chi connectivity index (χ3n) is 4.46. The number of rotatable bonds is 3. The molecule has 24 heavy (non-hydrogen) atoms. The normalized spacial score (nSPS) is 17.9. The Kier molecular flexibility index (Phi) is 4.00. The van der Waals surface area contributed by atoms with E-state index in [0.29, 0.717) is 13.1 Å². The zero-order chi connectivity index (χ0) is 16.5. The van der Waals surface area contributed by atoms with Gasteiger partial charge in [-0.3, -0.25) is 4.79 Å². The van der Waals surface area contributed by atoms with Gasteiger partial charge in [0.15, 0.2) is 0 Å². The Morgan fingerprint density at radius 1 is 1.08 bits per heavy atom. The zero-order valence-electron chi connectivity index (χ0n) is 13.1. The number of carbonyl (C=O) groups excluding carboxylic acids is 1. The van der Waals surface area contributed by atoms with E-state index in [4.69, 9.17) is 11.6 Å². The molecule has 2 heterocycles. The van der Waals surface area contributed by atoms with Crippen LogP contribution in [-0.2, 0) is 11.3 Å². The minimum Gasteiger partial charge on any atom is -0.353 e. The van der Waals surface area contributed by atoms with E-state index in [1.165, 1.54) is 0 Å². The summed E-state index contributed by atoms with van der Waals surface area (Å²) in [7, 11) is 0. The van der Waals surface area contributed by atoms with Crippen molar-refractivity contribution in [3.8, 4) is 0 Å². The molecule has 0 spiro atoms. The largest absolute Gasteiger partial charge is 0.353 e. The molecule has 0 aliphatic carbocycles. The van der Waals surface area contributed by atoms with Crippen molar-refractivity contribution in [3.63, 3.8) is 0 Å². The van der Waals surface area contributed by atoms with Crippen molar-refractivity contribution < 1.29 is 4.79 Å². The van der Waals surface area contributed by atoms with Gasteiger partial charge in [0.1, 0.15) is 6.04 Å². The maximum Gasteiger partial charge on any atom is 0.241 e. The molecule has 3 aromatic rings. The number of fused-ring (bicyclic) bond motifs is 1. The number of hydrogen-bond acceptors (Lipinski definition) is 2. The SMILES string of the molecule is O=C1NCCNC1c1cn(Cc2ccccc2Cl)c2ccccc12. The summed E-state index contributed by atoms with van der Waals surface area (Å²) in [4.78, 5) is 12.3. The molecule has 0 bridgehead atoms. The van der Waals surface area contributed by atoms with Crippen LogP contribution in [0.1, 0.15) is 17.2 Å². The van der Waals surface area contributed by atoms with Gasteiger partial charge in [0.05, 0.1) is 0 Å². The number of carbonyl (C=O) groups is 1. The fourth-order valence-electron chi connectivity index (χ4n) is 3.29. The molecule has 1 aliphatic heterocycles. The monoisotopic (exact) mass is 339 g/mol. The van der Waals surface area contributed by atoms with E-state index < -0.39 is 0 Å². The summed E-state index contributed by atoms with van der Waals surface area (Å²) in [6.45, 7) is 2.13. The lowest BCUT2D eigenvalue weighted by Crippen LogP contribution is -2.47. The van der Waals surface area contributed by atoms with E-state index in [-0.39, 0.29) is 11.9 Å². The first-order chi connectivity index (χ1) is 11.7. The highest BCUT2D eigenvalue weighted by molar-refractivity contribution is 6.31. The maximum atomic E-state index is 12.3. The van der Waals surface area contributed by atoms with Gasteiger partial charge in [-0.2, -0.15) is 0 Å². The summed E-state index contributed by atoms with van der Waals surface area (Å²) in [6.07, 6.45) is 2.07. The van der Waals surface area contributed by atoms with Crippen LogP contribution in [0.15, 0.2) is 54.7 Å². The number of piperazine rings is 1. The van der Waals surface area contributed by atoms with Crippen LogP contribution in [0.2, 0.25) is 5.02 Å². The Hall–Kier alpha value is -2.30. The third kappa shape index (κ3) is 2.68. The molecule has 0 saturated carbocycles. The fraction of sp³-hybridized carbons (Fsp3) is 0.211. The fourth-order valence-corrected chi connectivity index (χ4v) is 3.49. The van der Waals surface area contributed by atoms with Crippen molar-refractivity contribution >= 4 is 28.4 Å². The standard InChI is InChI=1S/C19H18ClN3O/c20-16-7-3-1-5-13(16)11-23-12-15(14-6-2-4-8-17(14)23)18-19(24)22-10-9-21-18/h1-8,12,18,21H,9-11H2,(H,22,24). The maximum absolute atomic E-state index is 12.3. The van der Waals surface area contributed by atoms with Crippen molar-refractivity contribution in [2.75, 3.05) is 13.1 Å². The third-order valence-corrected chi connectivity index (χ3v) is 4.83. The van der Waals surface area contributed by atoms with E-state index >= 15 is 0 Å². The Balaban J connectivity index is 1.79. The molecule has 4 nitrogen and oxygen atoms in total. The van der Waals surface area contributed by atoms with Crippen LogP contribution in [0.25, 0.3) is 10.9 Å². The molecule has 1 aromatic heterocycles. The first-order valence-corrected chi connectivity index (χ1v) is 8.44. The summed E-state index contributed by atoms with van der Waals surface area (Å²) in [6, 6.07) is 15.7. The number of hydrogen-bond donors (Lipinski definition) is 2. The van der Waals surface area contributed by atoms with Crippen LogP contribution in [0.4, 0.5) is 0 Å². The predicted octanol–water partition coefficient (Wildman–Crippen LogP) is 3.10. The number of para-hydroxylation sites is 1. The van der Waals surface area contributed by atoms with Gasteiger partial charge in [0, 0.05) is 47.3 Å². The number of nitrogens with one attached hydrogen (secondary N) is 2. The lowest BCUT2D eigenvalue weighted by Gasteiger charge is -2.23. The summed E-state index contributed by atoms with van der Waals surface area (Å²) in [5.74, 6) is 0.0295. The summed E-state index contributed by atoms with van der Waals surface area (Å²) < 4.78 is 2.16. The topological polar surface area (TPSA) is 46.1 Å². The average Bonchev–Trinajstić information content (AvgIpc) is 2.96. The second-order valence-corrected chi connectivity index (χ2v) is 6.41. The van der Waals surface area contributed by atoms with E-state index in [2.05, 4.69) is 33.5 Å². The number of nitrogens with zero attached hydrogens (tertiary/aromatic N) is 1. The van der Waals surface area contributed by atoms with Gasteiger partial charge in [-0.05, 0) is 17.7 Å². The highest BCUT2D eigenvalue weighted by Crippen LogP contribution is 2.29. The number of aromatic nitrogens is 1. The van der Waals surface area contributed by atoms with E-state index in [0.717, 1.165) is 33.6 Å². The molecule has 122 valence electrons. The Bertz CT molecular complexity index is 903. The second kappa shape index (κ2) is 6.30. The Labute approximate surface area is 145 Å². The van der Waals surface area contributed by atoms with Gasteiger partial charge in [0.25, 0.3) is 0 Å². The minimum absolute atomic E-state index is 0.0295. The molecule has 1 atom stereocenters. The predicted molar refractivity (Wildman–Crippen MR) is 96.2 cm³/mol. The summed E-state index contributed by atoms with van der Waals surface area (Å²) in [5, 5.41) is 8.10. The number of amides is 1. The smallest absolute Gasteiger partial charge is 0.241 e. The lowest BCUT2D eigenvalue weighted by atomic mass is 10.0. The van der Waals surface area contributed by atoms with Crippen molar-refractivity contribution in [1.82, 2.24) is 15.2 Å². The minimum atomic E-state index is -0.309. The molecule has 4 rings (SSSR count). The molecule has 1 fully saturated rings. The van der Waals surface area contributed by atoms with Gasteiger partial charge < -0.3 is 15.2 Å². The van der Waals surface area contributed by atoms with Crippen LogP contribution >= 0.6 is 11.6 Å². The number of benzene rings is 2. The van der Waals surface area contributed by atoms with Crippen LogP contribution in [0, 0.1) is 0 Å². The van der Waals surface area contributed by atoms with Crippen molar-refractivity contribution in [2.45, 2.75) is 12.6 Å². The average molecular weight is 340 g/mol. The van der Waals surface area contributed by atoms with Crippen LogP contribution in [-0.4, -0.2) is 23.6 Å². The lowest BCUT2D eigenvalue weighted by molar-refractivity contribution is -0.124. The molecular formula is C19H18ClN3O. The first-order valence-electron chi connectivity index (χ1n) is 8.06. The Morgan fingerprint density at radius 2 is 1.88 bits per heavy atom. The Morgan fingerprint density at radius 3 is 2.71 bits per heavy atom. The number of halogens is 1. The van der Waals surface area contributed by atoms with Gasteiger partial charge in [-0.25, -0.2) is 0 Å². The summed E-state index contributed by atoms with van der Waals surface area (Å²) in [5.41, 5.74) is 3.18. The second-order valence-electron chi connectivity index (χ2n) is 6.00. The molecule has 5 heteroatoms. The molecule has 1 aliphatic rings. The highest BCUT2D eigenvalue weighted by atomic mass is 35.5. The van der Waals surface area contributed by atoms with Crippen LogP contribution in [0.3, 0.4) is 0 Å². The van der Waals surface area contributed by atoms with Crippen molar-refractivity contribution in [3.05, 3.63) is 70.9 Å². The van der Waals surface area contributed by atoms with Crippen molar-refractivity contribution in [1.29, 1.82) is 0 Å². The van der Waals surface area contributed by atoms with Gasteiger partial charge in [0.2, 0.25) is 5.91 Å². The zero-order valence-corrected chi connectivity index (χ0v) is 13.9. The van der Waals surface area contributed by atoms with E-state index in [1.54, 1.807) is 0 Å². The van der Waals surface area contributed by atoms with Gasteiger partial charge >= 0.3 is 0 Å². The van der Waals surface area contributed by atoms with Crippen molar-refractivity contribution in [2.24, 2.45) is 0 Å². The summed E-state index contributed by atoms with van der Waals surface area (Å²) >= 11 is 6.31. The first kappa shape index (κ1) is 15.2. The molecule has 1 amide bonds. The molecule has 2 N–H and O–H groups in total. The van der Waals surface area contributed by atoms with Crippen LogP contribution in [0.5, 0.6) is 0 Å².